The monoisotopic (exact) mass is 1530 g/mol. The molecule has 0 spiro atoms. The third kappa shape index (κ3) is 11.7. The van der Waals surface area contributed by atoms with Crippen molar-refractivity contribution in [3.05, 3.63) is 244 Å². The van der Waals surface area contributed by atoms with Crippen molar-refractivity contribution in [2.75, 3.05) is 24.0 Å². The first kappa shape index (κ1) is 73.2. The molecular weight excluding hydrogens is 1450 g/mol. The van der Waals surface area contributed by atoms with E-state index in [-0.39, 0.29) is 67.8 Å². The van der Waals surface area contributed by atoms with Crippen molar-refractivity contribution in [3.8, 4) is 51.5 Å². The Kier molecular flexibility index (Phi) is 17.7. The van der Waals surface area contributed by atoms with Crippen LogP contribution in [0.25, 0.3) is 57.6 Å². The molecule has 0 radical (unpaired) electrons. The Morgan fingerprint density at radius 2 is 0.791 bits per heavy atom. The molecule has 3 aromatic carbocycles. The molecule has 22 nitrogen and oxygen atoms in total. The fraction of sp³-hybridized carbons (Fsp3) is 0.338. The number of aromatic nitrogens is 20. The smallest absolute Gasteiger partial charge is 0.252 e. The second kappa shape index (κ2) is 26.6. The molecule has 9 heterocycles. The van der Waals surface area contributed by atoms with E-state index in [1.807, 2.05) is 36.4 Å². The molecule has 12 aromatic rings. The van der Waals surface area contributed by atoms with E-state index in [2.05, 4.69) is 131 Å². The topological polar surface area (TPSA) is 268 Å². The molecule has 2 unspecified atom stereocenters. The van der Waals surface area contributed by atoms with Gasteiger partial charge in [-0.15, -0.1) is 30.6 Å². The molecule has 0 saturated heterocycles. The number of hydrogen-bond donors (Lipinski definition) is 0. The van der Waals surface area contributed by atoms with Gasteiger partial charge in [-0.2, -0.15) is 24.7 Å². The molecule has 3 fully saturated rings. The molecule has 6 bridgehead atoms. The summed E-state index contributed by atoms with van der Waals surface area (Å²) in [7, 11) is -4.29. The van der Waals surface area contributed by atoms with Gasteiger partial charge in [-0.1, -0.05) is 72.4 Å². The SMILES string of the molecule is C=Cc1ncn(-c2cccc([C@@]34CC[C@@H](c5cc(-c6c(F)cccc6F)nnc53)C4(C)C)n2)n1.C=S(C)(=O)CCc1ncn(-c2nccc([C@@]34CC[C@@H](c5cc(-c6c(F)cccc6F)nnc53)C4(C)C)n2)n1.C=S(C)(=O)CCc1ncn(-c2nccc([C@@]34CC[C@@H](c5cc(-c6c(F)cccc6F)nnc53)C4(C)C)n2)n1. The molecule has 6 aliphatic rings. The number of rotatable bonds is 16. The summed E-state index contributed by atoms with van der Waals surface area (Å²) < 4.78 is 116. The third-order valence-corrected chi connectivity index (χ3v) is 26.2. The van der Waals surface area contributed by atoms with Gasteiger partial charge < -0.3 is 0 Å². The predicted molar refractivity (Wildman–Crippen MR) is 404 cm³/mol. The fourth-order valence-corrected chi connectivity index (χ4v) is 19.8. The fourth-order valence-electron chi connectivity index (χ4n) is 18.6. The second-order valence-corrected chi connectivity index (χ2v) is 36.7. The first-order chi connectivity index (χ1) is 52.4. The highest BCUT2D eigenvalue weighted by Gasteiger charge is 2.68. The average molecular weight is 1530 g/mol. The summed E-state index contributed by atoms with van der Waals surface area (Å²) in [5, 5.41) is 40.0. The average Bonchev–Trinajstić information content (AvgIpc) is 1.53. The highest BCUT2D eigenvalue weighted by molar-refractivity contribution is 7.99. The second-order valence-electron chi connectivity index (χ2n) is 31.1. The van der Waals surface area contributed by atoms with Gasteiger partial charge in [-0.05, 0) is 205 Å². The van der Waals surface area contributed by atoms with Crippen LogP contribution < -0.4 is 0 Å². The van der Waals surface area contributed by atoms with Gasteiger partial charge in [-0.3, -0.25) is 8.42 Å². The minimum Gasteiger partial charge on any atom is -0.268 e. The quantitative estimate of drug-likeness (QED) is 0.0642. The lowest BCUT2D eigenvalue weighted by Crippen LogP contribution is -2.38. The summed E-state index contributed by atoms with van der Waals surface area (Å²) in [6, 6.07) is 26.4. The number of benzene rings is 3. The number of aryl methyl sites for hydroxylation is 2. The number of pyridine rings is 1. The number of fused-ring (bicyclic) bond motifs is 15. The highest BCUT2D eigenvalue weighted by Crippen LogP contribution is 2.72. The van der Waals surface area contributed by atoms with Gasteiger partial charge in [0.25, 0.3) is 11.9 Å². The molecule has 3 saturated carbocycles. The first-order valence-corrected chi connectivity index (χ1v) is 40.6. The van der Waals surface area contributed by atoms with Gasteiger partial charge in [0.1, 0.15) is 53.9 Å². The van der Waals surface area contributed by atoms with Crippen molar-refractivity contribution in [1.29, 1.82) is 0 Å². The van der Waals surface area contributed by atoms with Crippen LogP contribution in [0, 0.1) is 51.1 Å². The normalized spacial score (nSPS) is 22.6. The highest BCUT2D eigenvalue weighted by atomic mass is 32.2. The van der Waals surface area contributed by atoms with E-state index in [9.17, 15) is 34.8 Å². The van der Waals surface area contributed by atoms with Gasteiger partial charge in [0.15, 0.2) is 23.3 Å². The van der Waals surface area contributed by atoms with Crippen LogP contribution in [0.2, 0.25) is 0 Å². The zero-order valence-electron chi connectivity index (χ0n) is 61.5. The van der Waals surface area contributed by atoms with Crippen molar-refractivity contribution in [2.24, 2.45) is 16.2 Å². The largest absolute Gasteiger partial charge is 0.268 e. The maximum atomic E-state index is 14.5. The molecule has 0 aliphatic heterocycles. The van der Waals surface area contributed by atoms with Gasteiger partial charge in [0, 0.05) is 49.3 Å². The summed E-state index contributed by atoms with van der Waals surface area (Å²) in [6.07, 6.45) is 19.0. The molecule has 562 valence electrons. The van der Waals surface area contributed by atoms with Crippen LogP contribution in [0.4, 0.5) is 26.3 Å². The molecular formula is C80H76F6N20O2S2. The van der Waals surface area contributed by atoms with Crippen molar-refractivity contribution in [1.82, 2.24) is 99.8 Å². The zero-order chi connectivity index (χ0) is 77.4. The van der Waals surface area contributed by atoms with Gasteiger partial charge in [0.05, 0.1) is 84.2 Å². The summed E-state index contributed by atoms with van der Waals surface area (Å²) in [5.41, 5.74) is 5.58. The lowest BCUT2D eigenvalue weighted by molar-refractivity contribution is 0.242. The van der Waals surface area contributed by atoms with E-state index in [1.165, 1.54) is 64.0 Å². The molecule has 18 rings (SSSR count). The summed E-state index contributed by atoms with van der Waals surface area (Å²) >= 11 is 0. The molecule has 0 amide bonds. The van der Waals surface area contributed by atoms with Crippen molar-refractivity contribution in [3.63, 3.8) is 0 Å². The van der Waals surface area contributed by atoms with Crippen LogP contribution in [0.1, 0.15) is 166 Å². The minimum absolute atomic E-state index is 0.129. The standard InChI is InChI=1S/2C27H27F2N7OS.C26H22F2N6/c2*1-26(2)17-8-11-27(26,24-16(17)14-20(33-34-24)23-18(28)6-5-7-19(23)29)21-9-12-30-25(32-21)36-15-31-22(35-36)10-13-38(3,4)37;1-4-21-29-14-34(33-21)22-10-6-9-20(30-22)26-12-11-16(25(26,2)3)15-13-19(31-32-24(15)26)23-17(27)7-5-8-18(23)28/h2*5-7,9,12,14-15,17H,3,8,10-11,13H2,1-2,4H3;4-10,13-14,16H,1,11-12H2,2-3H3/t2*17-,27-,38?;16-,26-/m000/s1. The molecule has 30 heteroatoms. The Balaban J connectivity index is 0.000000126. The Bertz CT molecular complexity index is 5660. The Morgan fingerprint density at radius 3 is 1.14 bits per heavy atom. The van der Waals surface area contributed by atoms with Crippen LogP contribution >= 0.6 is 0 Å². The Morgan fingerprint density at radius 1 is 0.445 bits per heavy atom. The van der Waals surface area contributed by atoms with E-state index < -0.39 is 70.2 Å². The maximum absolute atomic E-state index is 14.5. The van der Waals surface area contributed by atoms with Crippen molar-refractivity contribution < 1.29 is 34.8 Å². The molecule has 6 aliphatic carbocycles. The number of nitrogens with zero attached hydrogens (tertiary/aromatic N) is 20. The van der Waals surface area contributed by atoms with Crippen LogP contribution in [0.5, 0.6) is 0 Å². The molecule has 0 N–H and O–H groups in total. The summed E-state index contributed by atoms with van der Waals surface area (Å²) in [6.45, 7) is 16.9. The Labute approximate surface area is 631 Å². The van der Waals surface area contributed by atoms with E-state index in [4.69, 9.17) is 15.0 Å². The molecule has 8 atom stereocenters. The Hall–Kier alpha value is -11.0. The zero-order valence-corrected chi connectivity index (χ0v) is 63.2. The van der Waals surface area contributed by atoms with Crippen LogP contribution in [0.15, 0.2) is 141 Å². The van der Waals surface area contributed by atoms with Gasteiger partial charge >= 0.3 is 0 Å². The first-order valence-electron chi connectivity index (χ1n) is 36.0. The lowest BCUT2D eigenvalue weighted by Gasteiger charge is -2.37. The third-order valence-electron chi connectivity index (χ3n) is 24.1. The van der Waals surface area contributed by atoms with Crippen molar-refractivity contribution in [2.45, 2.75) is 127 Å². The van der Waals surface area contributed by atoms with Gasteiger partial charge in [0.2, 0.25) is 0 Å². The summed E-state index contributed by atoms with van der Waals surface area (Å²) in [4.78, 5) is 36.5. The minimum atomic E-state index is -2.14. The van der Waals surface area contributed by atoms with E-state index in [0.29, 0.717) is 59.5 Å². The van der Waals surface area contributed by atoms with Gasteiger partial charge in [-0.25, -0.2) is 70.9 Å². The molecule has 110 heavy (non-hydrogen) atoms. The van der Waals surface area contributed by atoms with E-state index in [1.54, 1.807) is 66.8 Å². The number of halogens is 6. The van der Waals surface area contributed by atoms with E-state index in [0.717, 1.165) is 89.4 Å². The van der Waals surface area contributed by atoms with Crippen LogP contribution in [-0.2, 0) is 48.1 Å². The maximum Gasteiger partial charge on any atom is 0.252 e. The van der Waals surface area contributed by atoms with Crippen molar-refractivity contribution >= 4 is 36.9 Å². The van der Waals surface area contributed by atoms with E-state index >= 15 is 0 Å². The predicted octanol–water partition coefficient (Wildman–Crippen LogP) is 13.0. The van der Waals surface area contributed by atoms with Crippen LogP contribution in [0.3, 0.4) is 0 Å². The number of hydrogen-bond acceptors (Lipinski definition) is 19. The molecule has 9 aromatic heterocycles. The lowest BCUT2D eigenvalue weighted by atomic mass is 9.66. The van der Waals surface area contributed by atoms with Crippen LogP contribution in [-0.4, -0.2) is 144 Å². The summed E-state index contributed by atoms with van der Waals surface area (Å²) in [5.74, 6) is 7.63.